The summed E-state index contributed by atoms with van der Waals surface area (Å²) in [6.45, 7) is -0.657. The van der Waals surface area contributed by atoms with E-state index in [-0.39, 0.29) is 5.56 Å². The van der Waals surface area contributed by atoms with E-state index in [2.05, 4.69) is 22.0 Å². The molecule has 7 nitrogen and oxygen atoms in total. The molecule has 5 atom stereocenters. The van der Waals surface area contributed by atoms with Crippen LogP contribution in [0.1, 0.15) is 22.3 Å². The van der Waals surface area contributed by atoms with Gasteiger partial charge >= 0.3 is 0 Å². The Hall–Kier alpha value is -1.83. The van der Waals surface area contributed by atoms with Gasteiger partial charge in [-0.25, -0.2) is 0 Å². The molecule has 1 heterocycles. The summed E-state index contributed by atoms with van der Waals surface area (Å²) in [7, 11) is 0. The molecule has 1 aliphatic heterocycles. The van der Waals surface area contributed by atoms with Crippen molar-refractivity contribution in [3.05, 3.63) is 69.2 Å². The average Bonchev–Trinajstić information content (AvgIpc) is 2.71. The van der Waals surface area contributed by atoms with Crippen LogP contribution in [0.2, 0.25) is 0 Å². The summed E-state index contributed by atoms with van der Waals surface area (Å²) in [4.78, 5) is 0. The summed E-state index contributed by atoms with van der Waals surface area (Å²) in [5.74, 6) is -2.35. The minimum Gasteiger partial charge on any atom is -0.394 e. The molecule has 2 aromatic rings. The van der Waals surface area contributed by atoms with Gasteiger partial charge in [0.2, 0.25) is 5.79 Å². The van der Waals surface area contributed by atoms with Gasteiger partial charge in [0.25, 0.3) is 0 Å². The predicted octanol–water partition coefficient (Wildman–Crippen LogP) is 0.530. The molecule has 0 unspecified atom stereocenters. The van der Waals surface area contributed by atoms with E-state index in [1.165, 1.54) is 18.2 Å². The Morgan fingerprint density at radius 1 is 1.07 bits per heavy atom. The summed E-state index contributed by atoms with van der Waals surface area (Å²) in [5, 5.41) is 60.0. The molecule has 28 heavy (non-hydrogen) atoms. The van der Waals surface area contributed by atoms with E-state index in [0.29, 0.717) is 17.5 Å². The first-order chi connectivity index (χ1) is 13.3. The van der Waals surface area contributed by atoms with E-state index >= 15 is 0 Å². The van der Waals surface area contributed by atoms with E-state index in [9.17, 15) is 30.8 Å². The van der Waals surface area contributed by atoms with Crippen molar-refractivity contribution < 1.29 is 30.3 Å². The Labute approximate surface area is 170 Å². The van der Waals surface area contributed by atoms with E-state index < -0.39 is 36.8 Å². The third kappa shape index (κ3) is 3.83. The molecule has 5 N–H and O–H groups in total. The Kier molecular flexibility index (Phi) is 6.17. The van der Waals surface area contributed by atoms with Crippen LogP contribution in [0.4, 0.5) is 0 Å². The third-order valence-electron chi connectivity index (χ3n) is 4.91. The fraction of sp³-hybridized carbons (Fsp3) is 0.350. The highest BCUT2D eigenvalue weighted by atomic mass is 79.9. The zero-order valence-electron chi connectivity index (χ0n) is 14.7. The molecule has 0 spiro atoms. The summed E-state index contributed by atoms with van der Waals surface area (Å²) in [6, 6.07) is 14.0. The maximum Gasteiger partial charge on any atom is 0.222 e. The van der Waals surface area contributed by atoms with Gasteiger partial charge in [-0.3, -0.25) is 0 Å². The van der Waals surface area contributed by atoms with Crippen molar-refractivity contribution in [3.63, 3.8) is 0 Å². The molecule has 0 amide bonds. The van der Waals surface area contributed by atoms with E-state index in [4.69, 9.17) is 4.74 Å². The molecule has 148 valence electrons. The van der Waals surface area contributed by atoms with Gasteiger partial charge in [-0.2, -0.15) is 5.26 Å². The highest BCUT2D eigenvalue weighted by Crippen LogP contribution is 2.37. The van der Waals surface area contributed by atoms with Crippen molar-refractivity contribution in [2.45, 2.75) is 36.6 Å². The zero-order valence-corrected chi connectivity index (χ0v) is 16.3. The highest BCUT2D eigenvalue weighted by Gasteiger charge is 2.53. The van der Waals surface area contributed by atoms with Gasteiger partial charge in [0.1, 0.15) is 24.4 Å². The molecule has 0 radical (unpaired) electrons. The van der Waals surface area contributed by atoms with Crippen LogP contribution in [0.25, 0.3) is 0 Å². The second-order valence-electron chi connectivity index (χ2n) is 6.75. The zero-order chi connectivity index (χ0) is 20.5. The molecule has 0 aromatic heterocycles. The van der Waals surface area contributed by atoms with Gasteiger partial charge in [-0.1, -0.05) is 34.1 Å². The van der Waals surface area contributed by atoms with E-state index in [0.717, 1.165) is 10.0 Å². The van der Waals surface area contributed by atoms with Gasteiger partial charge in [0.15, 0.2) is 0 Å². The average molecular weight is 450 g/mol. The number of halogens is 1. The van der Waals surface area contributed by atoms with Crippen molar-refractivity contribution in [2.75, 3.05) is 6.61 Å². The maximum absolute atomic E-state index is 10.9. The predicted molar refractivity (Wildman–Crippen MR) is 102 cm³/mol. The number of aliphatic hydroxyl groups is 5. The van der Waals surface area contributed by atoms with Gasteiger partial charge in [-0.15, -0.1) is 0 Å². The molecule has 1 aliphatic rings. The summed E-state index contributed by atoms with van der Waals surface area (Å²) >= 11 is 3.36. The van der Waals surface area contributed by atoms with Crippen molar-refractivity contribution in [1.82, 2.24) is 0 Å². The fourth-order valence-electron chi connectivity index (χ4n) is 3.29. The van der Waals surface area contributed by atoms with Crippen LogP contribution in [0.15, 0.2) is 46.9 Å². The van der Waals surface area contributed by atoms with Gasteiger partial charge < -0.3 is 30.3 Å². The van der Waals surface area contributed by atoms with Gasteiger partial charge in [-0.05, 0) is 41.8 Å². The quantitative estimate of drug-likeness (QED) is 0.459. The molecular weight excluding hydrogens is 430 g/mol. The molecule has 0 aliphatic carbocycles. The first-order valence-electron chi connectivity index (χ1n) is 8.63. The fourth-order valence-corrected chi connectivity index (χ4v) is 3.55. The highest BCUT2D eigenvalue weighted by molar-refractivity contribution is 9.10. The van der Waals surface area contributed by atoms with Crippen LogP contribution in [-0.4, -0.2) is 56.6 Å². The molecule has 1 saturated heterocycles. The van der Waals surface area contributed by atoms with Gasteiger partial charge in [0.05, 0.1) is 18.2 Å². The Morgan fingerprint density at radius 3 is 2.36 bits per heavy atom. The summed E-state index contributed by atoms with van der Waals surface area (Å²) < 4.78 is 6.27. The van der Waals surface area contributed by atoms with Crippen molar-refractivity contribution >= 4 is 15.9 Å². The minimum atomic E-state index is -2.35. The molecule has 1 fully saturated rings. The number of ether oxygens (including phenoxy) is 1. The normalized spacial score (nSPS) is 30.0. The van der Waals surface area contributed by atoms with E-state index in [1.807, 2.05) is 24.3 Å². The lowest BCUT2D eigenvalue weighted by atomic mass is 9.86. The maximum atomic E-state index is 10.9. The Balaban J connectivity index is 2.00. The van der Waals surface area contributed by atoms with Crippen LogP contribution in [0, 0.1) is 11.3 Å². The monoisotopic (exact) mass is 449 g/mol. The first-order valence-corrected chi connectivity index (χ1v) is 9.42. The Bertz CT molecular complexity index is 881. The topological polar surface area (TPSA) is 134 Å². The third-order valence-corrected chi connectivity index (χ3v) is 5.44. The number of rotatable bonds is 4. The van der Waals surface area contributed by atoms with Crippen LogP contribution in [0.5, 0.6) is 0 Å². The standard InChI is InChI=1S/C20H20BrNO6/c21-15-5-1-11(2-6-15)7-13-8-14(4-3-12(13)9-22)20(27)19(26)18(25)17(24)16(10-23)28-20/h1-6,8,16-19,23-27H,7,10H2/t16-,17-,18+,19-,20+/m1/s1. The summed E-state index contributed by atoms with van der Waals surface area (Å²) in [6.07, 6.45) is -6.01. The number of hydrogen-bond donors (Lipinski definition) is 5. The molecule has 0 bridgehead atoms. The molecular formula is C20H20BrNO6. The molecule has 8 heteroatoms. The number of hydrogen-bond acceptors (Lipinski definition) is 7. The largest absolute Gasteiger partial charge is 0.394 e. The smallest absolute Gasteiger partial charge is 0.222 e. The molecule has 0 saturated carbocycles. The van der Waals surface area contributed by atoms with Crippen molar-refractivity contribution in [3.8, 4) is 6.07 Å². The van der Waals surface area contributed by atoms with Crippen LogP contribution in [-0.2, 0) is 16.9 Å². The molecule has 2 aromatic carbocycles. The second kappa shape index (κ2) is 8.27. The van der Waals surface area contributed by atoms with Crippen molar-refractivity contribution in [2.24, 2.45) is 0 Å². The minimum absolute atomic E-state index is 0.107. The molecule has 3 rings (SSSR count). The number of nitriles is 1. The van der Waals surface area contributed by atoms with Crippen LogP contribution >= 0.6 is 15.9 Å². The first kappa shape index (κ1) is 20.9. The van der Waals surface area contributed by atoms with Crippen molar-refractivity contribution in [1.29, 1.82) is 5.26 Å². The van der Waals surface area contributed by atoms with Gasteiger partial charge in [0, 0.05) is 10.0 Å². The number of aliphatic hydroxyl groups excluding tert-OH is 4. The number of benzene rings is 2. The van der Waals surface area contributed by atoms with E-state index in [1.54, 1.807) is 0 Å². The summed E-state index contributed by atoms with van der Waals surface area (Å²) in [5.41, 5.74) is 2.01. The Morgan fingerprint density at radius 2 is 1.75 bits per heavy atom. The lowest BCUT2D eigenvalue weighted by Crippen LogP contribution is -2.63. The van der Waals surface area contributed by atoms with Crippen LogP contribution < -0.4 is 0 Å². The lowest BCUT2D eigenvalue weighted by molar-refractivity contribution is -0.357. The SMILES string of the molecule is N#Cc1ccc([C@]2(O)O[C@H](CO)[C@@H](O)[C@H](O)[C@H]2O)cc1Cc1ccc(Br)cc1. The van der Waals surface area contributed by atoms with Crippen LogP contribution in [0.3, 0.4) is 0 Å². The lowest BCUT2D eigenvalue weighted by Gasteiger charge is -2.45. The number of nitrogens with zero attached hydrogens (tertiary/aromatic N) is 1. The second-order valence-corrected chi connectivity index (χ2v) is 7.66.